The van der Waals surface area contributed by atoms with Crippen molar-refractivity contribution in [3.05, 3.63) is 48.0 Å². The van der Waals surface area contributed by atoms with Gasteiger partial charge in [0.25, 0.3) is 0 Å². The van der Waals surface area contributed by atoms with E-state index in [1.807, 2.05) is 50.8 Å². The van der Waals surface area contributed by atoms with Crippen LogP contribution in [0.5, 0.6) is 0 Å². The lowest BCUT2D eigenvalue weighted by Crippen LogP contribution is -2.46. The molecule has 154 valence electrons. The SMILES string of the molecule is C=C(C)C1(C(CCN)C(=O)OC(C)(C)C)CCN(CCc2ccccc2)C1=O. The monoisotopic (exact) mass is 386 g/mol. The van der Waals surface area contributed by atoms with E-state index in [0.29, 0.717) is 38.0 Å². The van der Waals surface area contributed by atoms with Crippen molar-refractivity contribution in [2.75, 3.05) is 19.6 Å². The normalized spacial score (nSPS) is 20.9. The molecule has 1 aliphatic rings. The number of ether oxygens (including phenoxy) is 1. The summed E-state index contributed by atoms with van der Waals surface area (Å²) in [6, 6.07) is 10.1. The lowest BCUT2D eigenvalue weighted by Gasteiger charge is -2.36. The molecule has 1 heterocycles. The van der Waals surface area contributed by atoms with Gasteiger partial charge in [0, 0.05) is 13.1 Å². The van der Waals surface area contributed by atoms with Crippen molar-refractivity contribution in [2.45, 2.75) is 52.6 Å². The van der Waals surface area contributed by atoms with Crippen LogP contribution in [0, 0.1) is 11.3 Å². The third-order valence-corrected chi connectivity index (χ3v) is 5.46. The number of nitrogens with zero attached hydrogens (tertiary/aromatic N) is 1. The van der Waals surface area contributed by atoms with Crippen LogP contribution in [-0.4, -0.2) is 42.0 Å². The number of carbonyl (C=O) groups excluding carboxylic acids is 2. The summed E-state index contributed by atoms with van der Waals surface area (Å²) >= 11 is 0. The predicted molar refractivity (Wildman–Crippen MR) is 112 cm³/mol. The van der Waals surface area contributed by atoms with E-state index in [0.717, 1.165) is 6.42 Å². The Balaban J connectivity index is 2.24. The molecule has 2 N–H and O–H groups in total. The van der Waals surface area contributed by atoms with Gasteiger partial charge in [-0.05, 0) is 59.1 Å². The third kappa shape index (κ3) is 4.82. The Morgan fingerprint density at radius 3 is 2.50 bits per heavy atom. The maximum absolute atomic E-state index is 13.5. The van der Waals surface area contributed by atoms with E-state index in [1.165, 1.54) is 5.56 Å². The largest absolute Gasteiger partial charge is 0.460 e. The van der Waals surface area contributed by atoms with Gasteiger partial charge in [-0.15, -0.1) is 0 Å². The van der Waals surface area contributed by atoms with Crippen LogP contribution in [0.25, 0.3) is 0 Å². The van der Waals surface area contributed by atoms with Gasteiger partial charge in [0.15, 0.2) is 0 Å². The Labute approximate surface area is 168 Å². The number of likely N-dealkylation sites (tertiary alicyclic amines) is 1. The first-order chi connectivity index (χ1) is 13.1. The zero-order valence-corrected chi connectivity index (χ0v) is 17.7. The molecule has 1 saturated heterocycles. The molecule has 2 rings (SSSR count). The lowest BCUT2D eigenvalue weighted by atomic mass is 9.68. The molecule has 1 fully saturated rings. The molecule has 28 heavy (non-hydrogen) atoms. The maximum atomic E-state index is 13.5. The van der Waals surface area contributed by atoms with Crippen molar-refractivity contribution >= 4 is 11.9 Å². The van der Waals surface area contributed by atoms with Crippen LogP contribution >= 0.6 is 0 Å². The first-order valence-electron chi connectivity index (χ1n) is 10.0. The number of carbonyl (C=O) groups is 2. The van der Waals surface area contributed by atoms with Crippen molar-refractivity contribution < 1.29 is 14.3 Å². The summed E-state index contributed by atoms with van der Waals surface area (Å²) in [5, 5.41) is 0. The van der Waals surface area contributed by atoms with Crippen LogP contribution in [0.15, 0.2) is 42.5 Å². The molecular formula is C23H34N2O3. The fraction of sp³-hybridized carbons (Fsp3) is 0.565. The molecule has 5 nitrogen and oxygen atoms in total. The molecule has 0 spiro atoms. The highest BCUT2D eigenvalue weighted by atomic mass is 16.6. The van der Waals surface area contributed by atoms with Gasteiger partial charge in [0.05, 0.1) is 11.3 Å². The number of esters is 1. The summed E-state index contributed by atoms with van der Waals surface area (Å²) in [5.74, 6) is -0.997. The molecule has 2 atom stereocenters. The first kappa shape index (κ1) is 22.2. The van der Waals surface area contributed by atoms with Gasteiger partial charge in [-0.25, -0.2) is 0 Å². The molecule has 1 amide bonds. The smallest absolute Gasteiger partial charge is 0.310 e. The minimum absolute atomic E-state index is 0.0276. The van der Waals surface area contributed by atoms with Gasteiger partial charge in [-0.2, -0.15) is 0 Å². The van der Waals surface area contributed by atoms with Crippen molar-refractivity contribution in [2.24, 2.45) is 17.1 Å². The molecule has 5 heteroatoms. The first-order valence-corrected chi connectivity index (χ1v) is 10.0. The summed E-state index contributed by atoms with van der Waals surface area (Å²) < 4.78 is 5.65. The molecular weight excluding hydrogens is 352 g/mol. The fourth-order valence-electron chi connectivity index (χ4n) is 4.05. The van der Waals surface area contributed by atoms with Gasteiger partial charge in [-0.3, -0.25) is 9.59 Å². The summed E-state index contributed by atoms with van der Waals surface area (Å²) in [6.45, 7) is 13.0. The molecule has 0 bridgehead atoms. The summed E-state index contributed by atoms with van der Waals surface area (Å²) in [6.07, 6.45) is 1.76. The van der Waals surface area contributed by atoms with Crippen molar-refractivity contribution in [3.8, 4) is 0 Å². The molecule has 0 radical (unpaired) electrons. The minimum atomic E-state index is -0.932. The zero-order chi connectivity index (χ0) is 20.9. The van der Waals surface area contributed by atoms with Crippen LogP contribution in [-0.2, 0) is 20.7 Å². The highest BCUT2D eigenvalue weighted by Gasteiger charge is 2.55. The second kappa shape index (κ2) is 8.91. The quantitative estimate of drug-likeness (QED) is 0.549. The Kier molecular flexibility index (Phi) is 7.05. The van der Waals surface area contributed by atoms with Gasteiger partial charge in [0.2, 0.25) is 5.91 Å². The van der Waals surface area contributed by atoms with Crippen LogP contribution in [0.4, 0.5) is 0 Å². The van der Waals surface area contributed by atoms with Crippen LogP contribution in [0.2, 0.25) is 0 Å². The number of rotatable bonds is 8. The van der Waals surface area contributed by atoms with Crippen LogP contribution in [0.3, 0.4) is 0 Å². The summed E-state index contributed by atoms with van der Waals surface area (Å²) in [5.41, 5.74) is 6.16. The van der Waals surface area contributed by atoms with Gasteiger partial charge in [-0.1, -0.05) is 42.5 Å². The van der Waals surface area contributed by atoms with E-state index in [4.69, 9.17) is 10.5 Å². The van der Waals surface area contributed by atoms with E-state index in [-0.39, 0.29) is 11.9 Å². The van der Waals surface area contributed by atoms with Crippen LogP contribution in [0.1, 0.15) is 46.1 Å². The van der Waals surface area contributed by atoms with Gasteiger partial charge < -0.3 is 15.4 Å². The average Bonchev–Trinajstić information content (AvgIpc) is 2.94. The molecule has 1 aromatic rings. The van der Waals surface area contributed by atoms with E-state index < -0.39 is 16.9 Å². The van der Waals surface area contributed by atoms with Gasteiger partial charge >= 0.3 is 5.97 Å². The minimum Gasteiger partial charge on any atom is -0.460 e. The highest BCUT2D eigenvalue weighted by Crippen LogP contribution is 2.47. The van der Waals surface area contributed by atoms with Crippen molar-refractivity contribution in [1.29, 1.82) is 0 Å². The Morgan fingerprint density at radius 2 is 1.96 bits per heavy atom. The summed E-state index contributed by atoms with van der Waals surface area (Å²) in [4.78, 5) is 28.3. The predicted octanol–water partition coefficient (Wildman–Crippen LogP) is 3.33. The number of amides is 1. The summed E-state index contributed by atoms with van der Waals surface area (Å²) in [7, 11) is 0. The van der Waals surface area contributed by atoms with E-state index in [1.54, 1.807) is 0 Å². The van der Waals surface area contributed by atoms with Crippen molar-refractivity contribution in [1.82, 2.24) is 4.90 Å². The second-order valence-corrected chi connectivity index (χ2v) is 8.69. The topological polar surface area (TPSA) is 72.6 Å². The molecule has 0 aromatic heterocycles. The number of hydrogen-bond donors (Lipinski definition) is 1. The highest BCUT2D eigenvalue weighted by molar-refractivity contribution is 5.93. The molecule has 0 aliphatic carbocycles. The Hall–Kier alpha value is -2.14. The van der Waals surface area contributed by atoms with Crippen LogP contribution < -0.4 is 5.73 Å². The number of nitrogens with two attached hydrogens (primary N) is 1. The van der Waals surface area contributed by atoms with E-state index >= 15 is 0 Å². The molecule has 0 saturated carbocycles. The Morgan fingerprint density at radius 1 is 1.32 bits per heavy atom. The van der Waals surface area contributed by atoms with E-state index in [2.05, 4.69) is 18.7 Å². The molecule has 1 aliphatic heterocycles. The third-order valence-electron chi connectivity index (χ3n) is 5.46. The van der Waals surface area contributed by atoms with E-state index in [9.17, 15) is 9.59 Å². The maximum Gasteiger partial charge on any atom is 0.310 e. The standard InChI is InChI=1S/C23H34N2O3/c1-17(2)23(19(11-14-24)20(26)28-22(3,4)5)13-16-25(21(23)27)15-12-18-9-7-6-8-10-18/h6-10,19H,1,11-16,24H2,2-5H3. The number of hydrogen-bond acceptors (Lipinski definition) is 4. The second-order valence-electron chi connectivity index (χ2n) is 8.69. The lowest BCUT2D eigenvalue weighted by molar-refractivity contribution is -0.167. The van der Waals surface area contributed by atoms with Crippen molar-refractivity contribution in [3.63, 3.8) is 0 Å². The number of benzene rings is 1. The average molecular weight is 387 g/mol. The molecule has 2 unspecified atom stereocenters. The Bertz CT molecular complexity index is 708. The fourth-order valence-corrected chi connectivity index (χ4v) is 4.05. The molecule has 1 aromatic carbocycles. The zero-order valence-electron chi connectivity index (χ0n) is 17.7. The van der Waals surface area contributed by atoms with Gasteiger partial charge in [0.1, 0.15) is 5.60 Å².